The van der Waals surface area contributed by atoms with Gasteiger partial charge in [-0.25, -0.2) is 13.3 Å². The molecule has 2 atom stereocenters. The fourth-order valence-corrected chi connectivity index (χ4v) is 4.74. The van der Waals surface area contributed by atoms with Gasteiger partial charge in [0.2, 0.25) is 0 Å². The number of aromatic nitrogens is 2. The molecule has 2 aromatic rings. The summed E-state index contributed by atoms with van der Waals surface area (Å²) >= 11 is 0. The first-order valence-corrected chi connectivity index (χ1v) is 11.5. The first kappa shape index (κ1) is 24.2. The highest BCUT2D eigenvalue weighted by molar-refractivity contribution is 7.84. The summed E-state index contributed by atoms with van der Waals surface area (Å²) in [6, 6.07) is 7.65. The fourth-order valence-electron chi connectivity index (χ4n) is 3.29. The van der Waals surface area contributed by atoms with Crippen molar-refractivity contribution in [1.29, 1.82) is 0 Å². The SMILES string of the molecule is CCCC(c1ccc(-n2cc(C)c(N)nc2=O)cc1)N(CCCO)S(=O)C(C)(C)C. The summed E-state index contributed by atoms with van der Waals surface area (Å²) < 4.78 is 16.3. The zero-order chi connectivity index (χ0) is 22.5. The van der Waals surface area contributed by atoms with Crippen LogP contribution in [-0.2, 0) is 11.0 Å². The van der Waals surface area contributed by atoms with E-state index < -0.39 is 21.4 Å². The van der Waals surface area contributed by atoms with Crippen molar-refractivity contribution in [2.24, 2.45) is 0 Å². The molecule has 1 heterocycles. The molecule has 1 aromatic heterocycles. The summed E-state index contributed by atoms with van der Waals surface area (Å²) in [4.78, 5) is 16.1. The Bertz CT molecular complexity index is 919. The Morgan fingerprint density at radius 1 is 1.27 bits per heavy atom. The van der Waals surface area contributed by atoms with E-state index in [2.05, 4.69) is 11.9 Å². The second-order valence-corrected chi connectivity index (χ2v) is 10.6. The van der Waals surface area contributed by atoms with Gasteiger partial charge >= 0.3 is 5.69 Å². The molecule has 0 radical (unpaired) electrons. The molecule has 0 bridgehead atoms. The lowest BCUT2D eigenvalue weighted by Gasteiger charge is -2.35. The van der Waals surface area contributed by atoms with Gasteiger partial charge < -0.3 is 10.8 Å². The number of nitrogen functional groups attached to an aromatic ring is 1. The molecule has 2 unspecified atom stereocenters. The number of nitrogens with two attached hydrogens (primary N) is 1. The van der Waals surface area contributed by atoms with Crippen molar-refractivity contribution in [3.63, 3.8) is 0 Å². The van der Waals surface area contributed by atoms with Gasteiger partial charge in [0.15, 0.2) is 0 Å². The summed E-state index contributed by atoms with van der Waals surface area (Å²) in [5.41, 5.74) is 7.77. The Morgan fingerprint density at radius 2 is 1.90 bits per heavy atom. The van der Waals surface area contributed by atoms with Crippen LogP contribution in [0.1, 0.15) is 64.1 Å². The Hall–Kier alpha value is -2.03. The summed E-state index contributed by atoms with van der Waals surface area (Å²) in [5, 5.41) is 9.34. The van der Waals surface area contributed by atoms with Gasteiger partial charge in [-0.2, -0.15) is 4.98 Å². The first-order chi connectivity index (χ1) is 14.1. The van der Waals surface area contributed by atoms with Crippen LogP contribution in [0.4, 0.5) is 5.82 Å². The third-order valence-corrected chi connectivity index (χ3v) is 6.80. The molecule has 7 nitrogen and oxygen atoms in total. The van der Waals surface area contributed by atoms with Gasteiger partial charge in [0, 0.05) is 31.0 Å². The maximum absolute atomic E-state index is 13.3. The number of aliphatic hydroxyl groups is 1. The Balaban J connectivity index is 2.42. The van der Waals surface area contributed by atoms with E-state index in [9.17, 15) is 14.1 Å². The number of rotatable bonds is 9. The molecule has 0 saturated carbocycles. The van der Waals surface area contributed by atoms with Crippen LogP contribution in [-0.4, -0.2) is 41.1 Å². The minimum Gasteiger partial charge on any atom is -0.396 e. The number of hydrogen-bond donors (Lipinski definition) is 2. The van der Waals surface area contributed by atoms with E-state index in [1.165, 1.54) is 4.57 Å². The Kier molecular flexibility index (Phi) is 8.34. The number of aliphatic hydroxyl groups excluding tert-OH is 1. The van der Waals surface area contributed by atoms with Crippen molar-refractivity contribution in [3.05, 3.63) is 52.1 Å². The minimum atomic E-state index is -1.22. The standard InChI is InChI=1S/C22H34N4O3S/c1-6-8-19(26(13-7-14-27)30(29)22(3,4)5)17-9-11-18(12-10-17)25-15-16(2)20(23)24-21(25)28/h9-12,15,19,27H,6-8,13-14H2,1-5H3,(H2,23,24,28). The van der Waals surface area contributed by atoms with E-state index >= 15 is 0 Å². The van der Waals surface area contributed by atoms with E-state index in [-0.39, 0.29) is 18.5 Å². The van der Waals surface area contributed by atoms with Crippen molar-refractivity contribution in [2.45, 2.75) is 64.7 Å². The molecule has 0 saturated heterocycles. The molecule has 8 heteroatoms. The molecule has 2 rings (SSSR count). The minimum absolute atomic E-state index is 0.0429. The summed E-state index contributed by atoms with van der Waals surface area (Å²) in [6.07, 6.45) is 4.02. The highest BCUT2D eigenvalue weighted by Crippen LogP contribution is 2.31. The van der Waals surface area contributed by atoms with Crippen LogP contribution in [0, 0.1) is 6.92 Å². The topological polar surface area (TPSA) is 101 Å². The molecule has 30 heavy (non-hydrogen) atoms. The molecule has 0 spiro atoms. The fraction of sp³-hybridized carbons (Fsp3) is 0.545. The number of nitrogens with zero attached hydrogens (tertiary/aromatic N) is 3. The van der Waals surface area contributed by atoms with Crippen LogP contribution >= 0.6 is 0 Å². The third kappa shape index (κ3) is 5.77. The van der Waals surface area contributed by atoms with Crippen LogP contribution in [0.15, 0.2) is 35.3 Å². The van der Waals surface area contributed by atoms with Crippen molar-refractivity contribution < 1.29 is 9.32 Å². The molecule has 0 amide bonds. The highest BCUT2D eigenvalue weighted by Gasteiger charge is 2.31. The Labute approximate surface area is 181 Å². The number of anilines is 1. The zero-order valence-electron chi connectivity index (χ0n) is 18.6. The largest absolute Gasteiger partial charge is 0.396 e. The molecule has 0 fully saturated rings. The van der Waals surface area contributed by atoms with Gasteiger partial charge in [-0.05, 0) is 58.2 Å². The van der Waals surface area contributed by atoms with Crippen LogP contribution in [0.3, 0.4) is 0 Å². The van der Waals surface area contributed by atoms with Crippen LogP contribution < -0.4 is 11.4 Å². The predicted molar refractivity (Wildman–Crippen MR) is 123 cm³/mol. The Morgan fingerprint density at radius 3 is 2.43 bits per heavy atom. The predicted octanol–water partition coefficient (Wildman–Crippen LogP) is 3.11. The van der Waals surface area contributed by atoms with E-state index in [0.717, 1.165) is 24.0 Å². The summed E-state index contributed by atoms with van der Waals surface area (Å²) in [5.74, 6) is 0.236. The molecular formula is C22H34N4O3S. The maximum Gasteiger partial charge on any atom is 0.354 e. The monoisotopic (exact) mass is 434 g/mol. The van der Waals surface area contributed by atoms with Crippen LogP contribution in [0.25, 0.3) is 5.69 Å². The highest BCUT2D eigenvalue weighted by atomic mass is 32.2. The van der Waals surface area contributed by atoms with E-state index in [0.29, 0.717) is 18.7 Å². The molecule has 0 aliphatic carbocycles. The number of hydrogen-bond acceptors (Lipinski definition) is 5. The van der Waals surface area contributed by atoms with Gasteiger partial charge in [0.1, 0.15) is 16.8 Å². The molecule has 1 aromatic carbocycles. The molecule has 3 N–H and O–H groups in total. The second-order valence-electron chi connectivity index (χ2n) is 8.44. The van der Waals surface area contributed by atoms with Crippen molar-refractivity contribution >= 4 is 16.8 Å². The van der Waals surface area contributed by atoms with Crippen LogP contribution in [0.5, 0.6) is 0 Å². The van der Waals surface area contributed by atoms with Crippen molar-refractivity contribution in [1.82, 2.24) is 13.9 Å². The lowest BCUT2D eigenvalue weighted by atomic mass is 10.0. The number of benzene rings is 1. The van der Waals surface area contributed by atoms with E-state index in [4.69, 9.17) is 5.73 Å². The average molecular weight is 435 g/mol. The van der Waals surface area contributed by atoms with Gasteiger partial charge in [0.25, 0.3) is 0 Å². The van der Waals surface area contributed by atoms with Crippen molar-refractivity contribution in [2.75, 3.05) is 18.9 Å². The average Bonchev–Trinajstić information content (AvgIpc) is 2.69. The lowest BCUT2D eigenvalue weighted by Crippen LogP contribution is -2.40. The van der Waals surface area contributed by atoms with Gasteiger partial charge in [-0.15, -0.1) is 0 Å². The normalized spacial score (nSPS) is 14.1. The van der Waals surface area contributed by atoms with Gasteiger partial charge in [-0.1, -0.05) is 25.5 Å². The third-order valence-electron chi connectivity index (χ3n) is 4.89. The quantitative estimate of drug-likeness (QED) is 0.631. The first-order valence-electron chi connectivity index (χ1n) is 10.4. The second kappa shape index (κ2) is 10.3. The van der Waals surface area contributed by atoms with E-state index in [1.54, 1.807) is 6.20 Å². The summed E-state index contributed by atoms with van der Waals surface area (Å²) in [6.45, 7) is 10.4. The smallest absolute Gasteiger partial charge is 0.354 e. The van der Waals surface area contributed by atoms with Crippen molar-refractivity contribution in [3.8, 4) is 5.69 Å². The molecule has 0 aliphatic heterocycles. The van der Waals surface area contributed by atoms with Gasteiger partial charge in [0.05, 0.1) is 10.4 Å². The van der Waals surface area contributed by atoms with Crippen LogP contribution in [0.2, 0.25) is 0 Å². The molecule has 0 aliphatic rings. The summed E-state index contributed by atoms with van der Waals surface area (Å²) in [7, 11) is -1.22. The molecule has 166 valence electrons. The lowest BCUT2D eigenvalue weighted by molar-refractivity contribution is 0.248. The molecular weight excluding hydrogens is 400 g/mol. The maximum atomic E-state index is 13.3. The van der Waals surface area contributed by atoms with E-state index in [1.807, 2.05) is 56.3 Å². The number of aryl methyl sites for hydroxylation is 1. The zero-order valence-corrected chi connectivity index (χ0v) is 19.4. The van der Waals surface area contributed by atoms with Gasteiger partial charge in [-0.3, -0.25) is 4.57 Å².